The zero-order chi connectivity index (χ0) is 16.6. The summed E-state index contributed by atoms with van der Waals surface area (Å²) >= 11 is 12.1. The summed E-state index contributed by atoms with van der Waals surface area (Å²) in [5.41, 5.74) is 2.26. The molecule has 0 atom stereocenters. The van der Waals surface area contributed by atoms with E-state index in [-0.39, 0.29) is 16.0 Å². The van der Waals surface area contributed by atoms with Crippen LogP contribution in [0.3, 0.4) is 0 Å². The Labute approximate surface area is 142 Å². The first kappa shape index (κ1) is 15.6. The van der Waals surface area contributed by atoms with Crippen molar-refractivity contribution in [2.24, 2.45) is 0 Å². The Morgan fingerprint density at radius 1 is 1.22 bits per heavy atom. The fraction of sp³-hybridized carbons (Fsp3) is 0.125. The maximum atomic E-state index is 12.3. The van der Waals surface area contributed by atoms with E-state index in [1.165, 1.54) is 19.2 Å². The van der Waals surface area contributed by atoms with Crippen LogP contribution in [0.2, 0.25) is 10.0 Å². The van der Waals surface area contributed by atoms with E-state index in [1.807, 2.05) is 0 Å². The number of benzene rings is 2. The Kier molecular flexibility index (Phi) is 4.15. The summed E-state index contributed by atoms with van der Waals surface area (Å²) in [6.45, 7) is 1.76. The first-order chi connectivity index (χ1) is 11.0. The first-order valence-electron chi connectivity index (χ1n) is 6.69. The number of carbonyl (C=O) groups excluding carboxylic acids is 1. The van der Waals surface area contributed by atoms with Crippen molar-refractivity contribution in [3.8, 4) is 5.75 Å². The molecule has 0 saturated carbocycles. The number of nitrogens with one attached hydrogen (secondary N) is 1. The van der Waals surface area contributed by atoms with Gasteiger partial charge in [0, 0.05) is 18.2 Å². The van der Waals surface area contributed by atoms with Crippen molar-refractivity contribution in [3.05, 3.63) is 51.8 Å². The largest absolute Gasteiger partial charge is 0.494 e. The molecule has 0 saturated heterocycles. The maximum Gasteiger partial charge on any atom is 0.255 e. The van der Waals surface area contributed by atoms with E-state index in [4.69, 9.17) is 32.4 Å². The van der Waals surface area contributed by atoms with Crippen LogP contribution in [0.15, 0.2) is 34.7 Å². The Hall–Kier alpha value is -2.24. The number of halogens is 2. The maximum absolute atomic E-state index is 12.3. The third-order valence-corrected chi connectivity index (χ3v) is 3.78. The average Bonchev–Trinajstić information content (AvgIpc) is 2.86. The number of carbonyl (C=O) groups is 1. The van der Waals surface area contributed by atoms with Gasteiger partial charge in [-0.25, -0.2) is 4.98 Å². The van der Waals surface area contributed by atoms with E-state index in [2.05, 4.69) is 10.3 Å². The standard InChI is InChI=1S/C16H12Cl2N2O3/c1-8-19-13-7-10(3-4-14(13)23-8)20-16(21)9-5-11(17)15(22-2)12(18)6-9/h3-7H,1-2H3,(H,20,21). The quantitative estimate of drug-likeness (QED) is 0.743. The molecule has 1 N–H and O–H groups in total. The summed E-state index contributed by atoms with van der Waals surface area (Å²) in [7, 11) is 1.46. The second kappa shape index (κ2) is 6.10. The highest BCUT2D eigenvalue weighted by atomic mass is 35.5. The molecule has 2 aromatic carbocycles. The van der Waals surface area contributed by atoms with Crippen LogP contribution in [-0.2, 0) is 0 Å². The molecule has 1 amide bonds. The molecule has 23 heavy (non-hydrogen) atoms. The van der Waals surface area contributed by atoms with Crippen LogP contribution < -0.4 is 10.1 Å². The normalized spacial score (nSPS) is 10.8. The van der Waals surface area contributed by atoms with Gasteiger partial charge in [-0.2, -0.15) is 0 Å². The number of ether oxygens (including phenoxy) is 1. The summed E-state index contributed by atoms with van der Waals surface area (Å²) in [6, 6.07) is 8.22. The molecule has 0 unspecified atom stereocenters. The van der Waals surface area contributed by atoms with Crippen LogP contribution in [0.5, 0.6) is 5.75 Å². The molecule has 0 aliphatic heterocycles. The number of anilines is 1. The van der Waals surface area contributed by atoms with Gasteiger partial charge < -0.3 is 14.5 Å². The fourth-order valence-corrected chi connectivity index (χ4v) is 2.85. The molecular weight excluding hydrogens is 339 g/mol. The lowest BCUT2D eigenvalue weighted by atomic mass is 10.2. The van der Waals surface area contributed by atoms with Crippen molar-refractivity contribution in [2.45, 2.75) is 6.92 Å². The highest BCUT2D eigenvalue weighted by Gasteiger charge is 2.14. The predicted molar refractivity (Wildman–Crippen MR) is 89.7 cm³/mol. The van der Waals surface area contributed by atoms with Gasteiger partial charge in [0.2, 0.25) is 0 Å². The van der Waals surface area contributed by atoms with Gasteiger partial charge in [0.1, 0.15) is 5.52 Å². The molecule has 0 radical (unpaired) electrons. The lowest BCUT2D eigenvalue weighted by Crippen LogP contribution is -2.12. The van der Waals surface area contributed by atoms with Crippen molar-refractivity contribution in [3.63, 3.8) is 0 Å². The van der Waals surface area contributed by atoms with E-state index < -0.39 is 0 Å². The van der Waals surface area contributed by atoms with Gasteiger partial charge in [0.15, 0.2) is 17.2 Å². The van der Waals surface area contributed by atoms with Crippen LogP contribution in [0.4, 0.5) is 5.69 Å². The molecule has 118 valence electrons. The van der Waals surface area contributed by atoms with Crippen molar-refractivity contribution >= 4 is 45.9 Å². The zero-order valence-electron chi connectivity index (χ0n) is 12.3. The smallest absolute Gasteiger partial charge is 0.255 e. The molecule has 0 bridgehead atoms. The van der Waals surface area contributed by atoms with Crippen molar-refractivity contribution < 1.29 is 13.9 Å². The van der Waals surface area contributed by atoms with Crippen molar-refractivity contribution in [1.29, 1.82) is 0 Å². The molecular formula is C16H12Cl2N2O3. The lowest BCUT2D eigenvalue weighted by molar-refractivity contribution is 0.102. The topological polar surface area (TPSA) is 64.4 Å². The number of amides is 1. The van der Waals surface area contributed by atoms with Gasteiger partial charge in [-0.1, -0.05) is 23.2 Å². The molecule has 0 spiro atoms. The Bertz CT molecular complexity index is 882. The second-order valence-corrected chi connectivity index (χ2v) is 5.66. The molecule has 3 rings (SSSR count). The second-order valence-electron chi connectivity index (χ2n) is 4.84. The van der Waals surface area contributed by atoms with Crippen LogP contribution >= 0.6 is 23.2 Å². The Balaban J connectivity index is 1.88. The lowest BCUT2D eigenvalue weighted by Gasteiger charge is -2.09. The molecule has 7 heteroatoms. The Morgan fingerprint density at radius 2 is 1.91 bits per heavy atom. The van der Waals surface area contributed by atoms with Crippen LogP contribution in [-0.4, -0.2) is 18.0 Å². The zero-order valence-corrected chi connectivity index (χ0v) is 13.8. The molecule has 0 aliphatic carbocycles. The summed E-state index contributed by atoms with van der Waals surface area (Å²) in [6.07, 6.45) is 0. The highest BCUT2D eigenvalue weighted by Crippen LogP contribution is 2.34. The minimum Gasteiger partial charge on any atom is -0.494 e. The third-order valence-electron chi connectivity index (χ3n) is 3.22. The number of fused-ring (bicyclic) bond motifs is 1. The number of aryl methyl sites for hydroxylation is 1. The van der Waals surface area contributed by atoms with Gasteiger partial charge >= 0.3 is 0 Å². The Morgan fingerprint density at radius 3 is 2.57 bits per heavy atom. The number of hydrogen-bond donors (Lipinski definition) is 1. The van der Waals surface area contributed by atoms with Gasteiger partial charge in [-0.3, -0.25) is 4.79 Å². The minimum absolute atomic E-state index is 0.271. The number of oxazole rings is 1. The first-order valence-corrected chi connectivity index (χ1v) is 7.45. The predicted octanol–water partition coefficient (Wildman–Crippen LogP) is 4.70. The molecule has 5 nitrogen and oxygen atoms in total. The van der Waals surface area contributed by atoms with E-state index in [0.29, 0.717) is 34.0 Å². The summed E-state index contributed by atoms with van der Waals surface area (Å²) < 4.78 is 10.5. The number of rotatable bonds is 3. The number of methoxy groups -OCH3 is 1. The van der Waals surface area contributed by atoms with Gasteiger partial charge in [-0.15, -0.1) is 0 Å². The molecule has 1 heterocycles. The van der Waals surface area contributed by atoms with Gasteiger partial charge in [-0.05, 0) is 30.3 Å². The highest BCUT2D eigenvalue weighted by molar-refractivity contribution is 6.37. The summed E-state index contributed by atoms with van der Waals surface area (Å²) in [5, 5.41) is 3.31. The van der Waals surface area contributed by atoms with Crippen LogP contribution in [0.1, 0.15) is 16.2 Å². The number of hydrogen-bond acceptors (Lipinski definition) is 4. The average molecular weight is 351 g/mol. The van der Waals surface area contributed by atoms with Crippen molar-refractivity contribution in [1.82, 2.24) is 4.98 Å². The fourth-order valence-electron chi connectivity index (χ4n) is 2.21. The number of nitrogens with zero attached hydrogens (tertiary/aromatic N) is 1. The third kappa shape index (κ3) is 3.11. The van der Waals surface area contributed by atoms with E-state index in [9.17, 15) is 4.79 Å². The van der Waals surface area contributed by atoms with E-state index in [1.54, 1.807) is 25.1 Å². The van der Waals surface area contributed by atoms with E-state index >= 15 is 0 Å². The monoisotopic (exact) mass is 350 g/mol. The molecule has 0 fully saturated rings. The van der Waals surface area contributed by atoms with Gasteiger partial charge in [0.05, 0.1) is 17.2 Å². The van der Waals surface area contributed by atoms with Crippen LogP contribution in [0.25, 0.3) is 11.1 Å². The SMILES string of the molecule is COc1c(Cl)cc(C(=O)Nc2ccc3oc(C)nc3c2)cc1Cl. The number of aromatic nitrogens is 1. The van der Waals surface area contributed by atoms with E-state index in [0.717, 1.165) is 0 Å². The van der Waals surface area contributed by atoms with Gasteiger partial charge in [0.25, 0.3) is 5.91 Å². The summed E-state index contributed by atoms with van der Waals surface area (Å²) in [5.74, 6) is 0.567. The van der Waals surface area contributed by atoms with Crippen molar-refractivity contribution in [2.75, 3.05) is 12.4 Å². The molecule has 0 aliphatic rings. The summed E-state index contributed by atoms with van der Waals surface area (Å²) in [4.78, 5) is 16.6. The minimum atomic E-state index is -0.337. The molecule has 3 aromatic rings. The van der Waals surface area contributed by atoms with Crippen LogP contribution in [0, 0.1) is 6.92 Å². The molecule has 1 aromatic heterocycles.